The molecule has 8 nitrogen and oxygen atoms in total. The van der Waals surface area contributed by atoms with E-state index in [-0.39, 0.29) is 17.9 Å². The van der Waals surface area contributed by atoms with E-state index in [1.54, 1.807) is 16.9 Å². The number of rotatable bonds is 6. The zero-order valence-electron chi connectivity index (χ0n) is 14.6. The van der Waals surface area contributed by atoms with Crippen LogP contribution in [-0.4, -0.2) is 52.8 Å². The number of amides is 3. The van der Waals surface area contributed by atoms with E-state index in [9.17, 15) is 9.59 Å². The van der Waals surface area contributed by atoms with E-state index in [0.717, 1.165) is 25.1 Å². The van der Waals surface area contributed by atoms with E-state index in [1.165, 1.54) is 0 Å². The lowest BCUT2D eigenvalue weighted by Crippen LogP contribution is -2.44. The molecule has 1 atom stereocenters. The van der Waals surface area contributed by atoms with Gasteiger partial charge in [0.05, 0.1) is 17.8 Å². The predicted molar refractivity (Wildman–Crippen MR) is 98.9 cm³/mol. The minimum atomic E-state index is -0.286. The van der Waals surface area contributed by atoms with Gasteiger partial charge in [-0.25, -0.2) is 9.48 Å². The van der Waals surface area contributed by atoms with Gasteiger partial charge >= 0.3 is 6.03 Å². The molecular formula is C18H24N6O2. The number of carbonyl (C=O) groups excluding carboxylic acids is 2. The van der Waals surface area contributed by atoms with Crippen LogP contribution in [0, 0.1) is 5.92 Å². The maximum Gasteiger partial charge on any atom is 0.320 e. The highest BCUT2D eigenvalue weighted by atomic mass is 16.2. The van der Waals surface area contributed by atoms with Crippen LogP contribution in [0.2, 0.25) is 0 Å². The second-order valence-corrected chi connectivity index (χ2v) is 6.39. The summed E-state index contributed by atoms with van der Waals surface area (Å²) in [5, 5.41) is 9.89. The van der Waals surface area contributed by atoms with Crippen molar-refractivity contribution in [2.75, 3.05) is 31.5 Å². The van der Waals surface area contributed by atoms with Gasteiger partial charge in [-0.15, -0.1) is 0 Å². The number of primary amides is 1. The molecule has 0 saturated carbocycles. The standard InChI is InChI=1S/C18H24N6O2/c19-17(25)14-5-4-11-23(13-14)12-10-20-18(26)22-16-8-9-21-24(16)15-6-2-1-3-7-15/h1-3,6-9,14H,4-5,10-13H2,(H2,19,25)(H2,20,22,26). The van der Waals surface area contributed by atoms with Crippen molar-refractivity contribution in [3.8, 4) is 5.69 Å². The summed E-state index contributed by atoms with van der Waals surface area (Å²) in [5.41, 5.74) is 6.26. The molecule has 8 heteroatoms. The molecule has 3 amide bonds. The van der Waals surface area contributed by atoms with Crippen molar-refractivity contribution in [3.63, 3.8) is 0 Å². The van der Waals surface area contributed by atoms with Crippen LogP contribution in [0.15, 0.2) is 42.6 Å². The van der Waals surface area contributed by atoms with Crippen molar-refractivity contribution in [1.82, 2.24) is 20.0 Å². The van der Waals surface area contributed by atoms with E-state index in [2.05, 4.69) is 20.6 Å². The number of aromatic nitrogens is 2. The lowest BCUT2D eigenvalue weighted by molar-refractivity contribution is -0.123. The maximum absolute atomic E-state index is 12.2. The van der Waals surface area contributed by atoms with E-state index in [1.807, 2.05) is 30.3 Å². The van der Waals surface area contributed by atoms with E-state index < -0.39 is 0 Å². The predicted octanol–water partition coefficient (Wildman–Crippen LogP) is 1.19. The van der Waals surface area contributed by atoms with Gasteiger partial charge in [-0.3, -0.25) is 10.1 Å². The summed E-state index contributed by atoms with van der Waals surface area (Å²) in [4.78, 5) is 25.6. The van der Waals surface area contributed by atoms with Crippen molar-refractivity contribution in [2.24, 2.45) is 11.7 Å². The van der Waals surface area contributed by atoms with Crippen LogP contribution >= 0.6 is 0 Å². The lowest BCUT2D eigenvalue weighted by Gasteiger charge is -2.31. The number of benzene rings is 1. The molecule has 2 heterocycles. The van der Waals surface area contributed by atoms with Crippen LogP contribution in [-0.2, 0) is 4.79 Å². The number of piperidine rings is 1. The number of nitrogens with zero attached hydrogens (tertiary/aromatic N) is 3. The van der Waals surface area contributed by atoms with Crippen LogP contribution < -0.4 is 16.4 Å². The number of nitrogens with one attached hydrogen (secondary N) is 2. The average molecular weight is 356 g/mol. The molecule has 0 bridgehead atoms. The number of para-hydroxylation sites is 1. The first-order valence-corrected chi connectivity index (χ1v) is 8.79. The molecule has 0 radical (unpaired) electrons. The SMILES string of the molecule is NC(=O)C1CCCN(CCNC(=O)Nc2ccnn2-c2ccccc2)C1. The number of nitrogens with two attached hydrogens (primary N) is 1. The highest BCUT2D eigenvalue weighted by Crippen LogP contribution is 2.16. The third-order valence-electron chi connectivity index (χ3n) is 4.51. The molecule has 4 N–H and O–H groups in total. The number of likely N-dealkylation sites (tertiary alicyclic amines) is 1. The van der Waals surface area contributed by atoms with Crippen LogP contribution in [0.25, 0.3) is 5.69 Å². The molecule has 0 aliphatic carbocycles. The van der Waals surface area contributed by atoms with Crippen molar-refractivity contribution < 1.29 is 9.59 Å². The first kappa shape index (κ1) is 17.9. The monoisotopic (exact) mass is 356 g/mol. The van der Waals surface area contributed by atoms with E-state index in [4.69, 9.17) is 5.73 Å². The van der Waals surface area contributed by atoms with Crippen LogP contribution in [0.5, 0.6) is 0 Å². The molecule has 1 aromatic heterocycles. The number of anilines is 1. The molecular weight excluding hydrogens is 332 g/mol. The van der Waals surface area contributed by atoms with Gasteiger partial charge in [-0.05, 0) is 31.5 Å². The Morgan fingerprint density at radius 1 is 1.23 bits per heavy atom. The Bertz CT molecular complexity index is 745. The van der Waals surface area contributed by atoms with E-state index >= 15 is 0 Å². The second-order valence-electron chi connectivity index (χ2n) is 6.39. The first-order chi connectivity index (χ1) is 12.6. The molecule has 1 fully saturated rings. The van der Waals surface area contributed by atoms with Gasteiger partial charge in [0.25, 0.3) is 0 Å². The number of hydrogen-bond acceptors (Lipinski definition) is 4. The second kappa shape index (κ2) is 8.48. The Morgan fingerprint density at radius 2 is 2.04 bits per heavy atom. The van der Waals surface area contributed by atoms with Crippen molar-refractivity contribution >= 4 is 17.8 Å². The third-order valence-corrected chi connectivity index (χ3v) is 4.51. The molecule has 0 spiro atoms. The van der Waals surface area contributed by atoms with Gasteiger partial charge in [-0.1, -0.05) is 18.2 Å². The summed E-state index contributed by atoms with van der Waals surface area (Å²) >= 11 is 0. The highest BCUT2D eigenvalue weighted by Gasteiger charge is 2.23. The van der Waals surface area contributed by atoms with Crippen LogP contribution in [0.1, 0.15) is 12.8 Å². The topological polar surface area (TPSA) is 105 Å². The zero-order chi connectivity index (χ0) is 18.4. The lowest BCUT2D eigenvalue weighted by atomic mass is 9.97. The fraction of sp³-hybridized carbons (Fsp3) is 0.389. The van der Waals surface area contributed by atoms with Gasteiger partial charge < -0.3 is 16.0 Å². The number of urea groups is 1. The number of hydrogen-bond donors (Lipinski definition) is 3. The van der Waals surface area contributed by atoms with Crippen molar-refractivity contribution in [1.29, 1.82) is 0 Å². The largest absolute Gasteiger partial charge is 0.369 e. The summed E-state index contributed by atoms with van der Waals surface area (Å²) in [6, 6.07) is 11.1. The molecule has 1 aliphatic heterocycles. The Hall–Kier alpha value is -2.87. The Kier molecular flexibility index (Phi) is 5.85. The third kappa shape index (κ3) is 4.60. The molecule has 138 valence electrons. The van der Waals surface area contributed by atoms with Gasteiger partial charge in [0.1, 0.15) is 5.82 Å². The summed E-state index contributed by atoms with van der Waals surface area (Å²) in [5.74, 6) is 0.271. The molecule has 1 unspecified atom stereocenters. The summed E-state index contributed by atoms with van der Waals surface area (Å²) in [6.45, 7) is 2.78. The fourth-order valence-electron chi connectivity index (χ4n) is 3.15. The summed E-state index contributed by atoms with van der Waals surface area (Å²) < 4.78 is 1.67. The highest BCUT2D eigenvalue weighted by molar-refractivity contribution is 5.88. The average Bonchev–Trinajstić information content (AvgIpc) is 3.10. The van der Waals surface area contributed by atoms with Crippen molar-refractivity contribution in [2.45, 2.75) is 12.8 Å². The van der Waals surface area contributed by atoms with Crippen molar-refractivity contribution in [3.05, 3.63) is 42.6 Å². The Morgan fingerprint density at radius 3 is 2.81 bits per heavy atom. The van der Waals surface area contributed by atoms with Gasteiger partial charge in [0.2, 0.25) is 5.91 Å². The quantitative estimate of drug-likeness (QED) is 0.723. The molecule has 3 rings (SSSR count). The summed E-state index contributed by atoms with van der Waals surface area (Å²) in [6.07, 6.45) is 3.44. The smallest absolute Gasteiger partial charge is 0.320 e. The Labute approximate surface area is 152 Å². The minimum Gasteiger partial charge on any atom is -0.369 e. The molecule has 2 aromatic rings. The van der Waals surface area contributed by atoms with E-state index in [0.29, 0.717) is 25.5 Å². The first-order valence-electron chi connectivity index (χ1n) is 8.79. The van der Waals surface area contributed by atoms with Crippen LogP contribution in [0.3, 0.4) is 0 Å². The number of carbonyl (C=O) groups is 2. The molecule has 1 saturated heterocycles. The fourth-order valence-corrected chi connectivity index (χ4v) is 3.15. The van der Waals surface area contributed by atoms with Crippen LogP contribution in [0.4, 0.5) is 10.6 Å². The zero-order valence-corrected chi connectivity index (χ0v) is 14.6. The van der Waals surface area contributed by atoms with Gasteiger partial charge in [-0.2, -0.15) is 5.10 Å². The van der Waals surface area contributed by atoms with Gasteiger partial charge in [0, 0.05) is 25.7 Å². The molecule has 1 aromatic carbocycles. The van der Waals surface area contributed by atoms with Gasteiger partial charge in [0.15, 0.2) is 0 Å². The Balaban J connectivity index is 1.47. The maximum atomic E-state index is 12.2. The molecule has 1 aliphatic rings. The normalized spacial score (nSPS) is 17.6. The molecule has 26 heavy (non-hydrogen) atoms. The minimum absolute atomic E-state index is 0.0854. The summed E-state index contributed by atoms with van der Waals surface area (Å²) in [7, 11) is 0.